The number of ether oxygens (including phenoxy) is 1. The predicted octanol–water partition coefficient (Wildman–Crippen LogP) is 2.97. The summed E-state index contributed by atoms with van der Waals surface area (Å²) >= 11 is 0. The van der Waals surface area contributed by atoms with Gasteiger partial charge in [0, 0.05) is 12.2 Å². The van der Waals surface area contributed by atoms with Crippen LogP contribution in [0.25, 0.3) is 0 Å². The lowest BCUT2D eigenvalue weighted by atomic mass is 10.2. The molecule has 1 heterocycles. The molecule has 0 aliphatic rings. The van der Waals surface area contributed by atoms with Gasteiger partial charge >= 0.3 is 0 Å². The first-order valence-corrected chi connectivity index (χ1v) is 6.20. The average molecular weight is 263 g/mol. The minimum absolute atomic E-state index is 0.157. The van der Waals surface area contributed by atoms with Crippen LogP contribution in [0.1, 0.15) is 19.5 Å². The van der Waals surface area contributed by atoms with Crippen molar-refractivity contribution in [1.29, 1.82) is 0 Å². The monoisotopic (exact) mass is 263 g/mol. The van der Waals surface area contributed by atoms with Gasteiger partial charge in [-0.2, -0.15) is 0 Å². The zero-order valence-corrected chi connectivity index (χ0v) is 11.4. The van der Waals surface area contributed by atoms with Gasteiger partial charge in [-0.15, -0.1) is 0 Å². The van der Waals surface area contributed by atoms with Crippen LogP contribution >= 0.6 is 0 Å². The van der Waals surface area contributed by atoms with Crippen molar-refractivity contribution in [2.45, 2.75) is 26.4 Å². The number of benzene rings is 1. The second kappa shape index (κ2) is 5.73. The van der Waals surface area contributed by atoms with E-state index in [1.165, 1.54) is 7.11 Å². The zero-order valence-electron chi connectivity index (χ0n) is 11.4. The van der Waals surface area contributed by atoms with E-state index in [9.17, 15) is 4.39 Å². The maximum absolute atomic E-state index is 14.3. The van der Waals surface area contributed by atoms with E-state index in [4.69, 9.17) is 4.74 Å². The highest BCUT2D eigenvalue weighted by molar-refractivity contribution is 5.53. The summed E-state index contributed by atoms with van der Waals surface area (Å²) in [5.41, 5.74) is 1.47. The van der Waals surface area contributed by atoms with E-state index in [-0.39, 0.29) is 17.6 Å². The number of imidazole rings is 1. The van der Waals surface area contributed by atoms with Crippen LogP contribution in [0.5, 0.6) is 5.75 Å². The molecule has 0 spiro atoms. The van der Waals surface area contributed by atoms with E-state index >= 15 is 0 Å². The van der Waals surface area contributed by atoms with Gasteiger partial charge in [0.15, 0.2) is 11.6 Å². The number of anilines is 1. The van der Waals surface area contributed by atoms with Crippen molar-refractivity contribution >= 4 is 5.69 Å². The fourth-order valence-corrected chi connectivity index (χ4v) is 1.98. The Morgan fingerprint density at radius 2 is 2.21 bits per heavy atom. The van der Waals surface area contributed by atoms with Crippen molar-refractivity contribution in [2.24, 2.45) is 0 Å². The fraction of sp³-hybridized carbons (Fsp3) is 0.357. The van der Waals surface area contributed by atoms with Crippen LogP contribution in [-0.2, 0) is 6.54 Å². The number of hydrogen-bond acceptors (Lipinski definition) is 3. The van der Waals surface area contributed by atoms with Crippen molar-refractivity contribution in [3.05, 3.63) is 42.2 Å². The highest BCUT2D eigenvalue weighted by atomic mass is 19.1. The maximum Gasteiger partial charge on any atom is 0.188 e. The third-order valence-corrected chi connectivity index (χ3v) is 2.99. The number of methoxy groups -OCH3 is 1. The SMILES string of the molecule is COc1cccc(N(Cc2cnc[nH]2)C(C)C)c1F. The Bertz CT molecular complexity index is 525. The highest BCUT2D eigenvalue weighted by Crippen LogP contribution is 2.29. The molecule has 0 saturated carbocycles. The summed E-state index contributed by atoms with van der Waals surface area (Å²) in [7, 11) is 1.47. The smallest absolute Gasteiger partial charge is 0.188 e. The van der Waals surface area contributed by atoms with E-state index in [0.29, 0.717) is 12.2 Å². The van der Waals surface area contributed by atoms with Crippen LogP contribution in [-0.4, -0.2) is 23.1 Å². The summed E-state index contributed by atoms with van der Waals surface area (Å²) in [4.78, 5) is 8.98. The minimum Gasteiger partial charge on any atom is -0.494 e. The van der Waals surface area contributed by atoms with Crippen LogP contribution in [0, 0.1) is 5.82 Å². The normalized spacial score (nSPS) is 10.8. The number of hydrogen-bond donors (Lipinski definition) is 1. The van der Waals surface area contributed by atoms with E-state index in [1.54, 1.807) is 30.7 Å². The molecule has 1 N–H and O–H groups in total. The second-order valence-corrected chi connectivity index (χ2v) is 4.59. The second-order valence-electron chi connectivity index (χ2n) is 4.59. The molecule has 0 saturated heterocycles. The van der Waals surface area contributed by atoms with Crippen LogP contribution in [0.3, 0.4) is 0 Å². The first kappa shape index (κ1) is 13.4. The van der Waals surface area contributed by atoms with Gasteiger partial charge in [0.2, 0.25) is 0 Å². The Hall–Kier alpha value is -2.04. The molecule has 0 fully saturated rings. The van der Waals surface area contributed by atoms with Gasteiger partial charge in [-0.25, -0.2) is 9.37 Å². The standard InChI is InChI=1S/C14H18FN3O/c1-10(2)18(8-11-7-16-9-17-11)12-5-4-6-13(19-3)14(12)15/h4-7,9-10H,8H2,1-3H3,(H,16,17). The largest absolute Gasteiger partial charge is 0.494 e. The molecule has 1 aromatic carbocycles. The molecule has 0 atom stereocenters. The third kappa shape index (κ3) is 2.86. The molecule has 5 heteroatoms. The molecule has 4 nitrogen and oxygen atoms in total. The number of nitrogens with zero attached hydrogens (tertiary/aromatic N) is 2. The molecule has 1 aromatic heterocycles. The number of H-pyrrole nitrogens is 1. The van der Waals surface area contributed by atoms with Gasteiger partial charge in [0.25, 0.3) is 0 Å². The quantitative estimate of drug-likeness (QED) is 0.901. The van der Waals surface area contributed by atoms with E-state index in [0.717, 1.165) is 5.69 Å². The molecule has 0 aliphatic heterocycles. The first-order chi connectivity index (χ1) is 9.13. The third-order valence-electron chi connectivity index (χ3n) is 2.99. The topological polar surface area (TPSA) is 41.1 Å². The predicted molar refractivity (Wildman–Crippen MR) is 72.9 cm³/mol. The summed E-state index contributed by atoms with van der Waals surface area (Å²) in [6, 6.07) is 5.33. The van der Waals surface area contributed by atoms with Crippen LogP contribution < -0.4 is 9.64 Å². The molecule has 102 valence electrons. The Kier molecular flexibility index (Phi) is 4.04. The lowest BCUT2D eigenvalue weighted by Crippen LogP contribution is -2.31. The van der Waals surface area contributed by atoms with E-state index in [2.05, 4.69) is 9.97 Å². The minimum atomic E-state index is -0.335. The van der Waals surface area contributed by atoms with Gasteiger partial charge in [-0.3, -0.25) is 0 Å². The van der Waals surface area contributed by atoms with E-state index < -0.39 is 0 Å². The van der Waals surface area contributed by atoms with Gasteiger partial charge in [0.05, 0.1) is 31.4 Å². The number of rotatable bonds is 5. The van der Waals surface area contributed by atoms with Crippen LogP contribution in [0.15, 0.2) is 30.7 Å². The van der Waals surface area contributed by atoms with E-state index in [1.807, 2.05) is 18.7 Å². The van der Waals surface area contributed by atoms with Crippen molar-refractivity contribution in [3.8, 4) is 5.75 Å². The van der Waals surface area contributed by atoms with Crippen molar-refractivity contribution < 1.29 is 9.13 Å². The van der Waals surface area contributed by atoms with Gasteiger partial charge in [-0.1, -0.05) is 6.07 Å². The molecule has 0 amide bonds. The Labute approximate surface area is 112 Å². The van der Waals surface area contributed by atoms with Crippen molar-refractivity contribution in [2.75, 3.05) is 12.0 Å². The Morgan fingerprint density at radius 1 is 1.42 bits per heavy atom. The number of aromatic amines is 1. The number of aromatic nitrogens is 2. The van der Waals surface area contributed by atoms with Gasteiger partial charge in [-0.05, 0) is 26.0 Å². The van der Waals surface area contributed by atoms with Gasteiger partial charge in [0.1, 0.15) is 0 Å². The van der Waals surface area contributed by atoms with Gasteiger partial charge < -0.3 is 14.6 Å². The summed E-state index contributed by atoms with van der Waals surface area (Å²) in [6.45, 7) is 4.62. The molecule has 0 bridgehead atoms. The number of halogens is 1. The summed E-state index contributed by atoms with van der Waals surface area (Å²) in [6.07, 6.45) is 3.36. The zero-order chi connectivity index (χ0) is 13.8. The van der Waals surface area contributed by atoms with Crippen LogP contribution in [0.2, 0.25) is 0 Å². The summed E-state index contributed by atoms with van der Waals surface area (Å²) < 4.78 is 19.3. The average Bonchev–Trinajstić information content (AvgIpc) is 2.89. The molecular weight excluding hydrogens is 245 g/mol. The lowest BCUT2D eigenvalue weighted by molar-refractivity contribution is 0.386. The molecule has 0 aliphatic carbocycles. The Balaban J connectivity index is 2.34. The van der Waals surface area contributed by atoms with Crippen molar-refractivity contribution in [1.82, 2.24) is 9.97 Å². The molecule has 0 radical (unpaired) electrons. The first-order valence-electron chi connectivity index (χ1n) is 6.20. The Morgan fingerprint density at radius 3 is 2.79 bits per heavy atom. The number of nitrogens with one attached hydrogen (secondary N) is 1. The molecule has 0 unspecified atom stereocenters. The molecule has 2 rings (SSSR count). The lowest BCUT2D eigenvalue weighted by Gasteiger charge is -2.29. The summed E-state index contributed by atoms with van der Waals surface area (Å²) in [5, 5.41) is 0. The molecular formula is C14H18FN3O. The maximum atomic E-state index is 14.3. The summed E-state index contributed by atoms with van der Waals surface area (Å²) in [5.74, 6) is -0.0778. The highest BCUT2D eigenvalue weighted by Gasteiger charge is 2.18. The fourth-order valence-electron chi connectivity index (χ4n) is 1.98. The molecule has 2 aromatic rings. The van der Waals surface area contributed by atoms with Crippen LogP contribution in [0.4, 0.5) is 10.1 Å². The van der Waals surface area contributed by atoms with Crippen molar-refractivity contribution in [3.63, 3.8) is 0 Å². The molecule has 19 heavy (non-hydrogen) atoms.